The van der Waals surface area contributed by atoms with Crippen LogP contribution in [0.2, 0.25) is 0 Å². The minimum absolute atomic E-state index is 0. The third kappa shape index (κ3) is 27.9. The molecule has 0 saturated carbocycles. The summed E-state index contributed by atoms with van der Waals surface area (Å²) in [7, 11) is 0. The molecule has 31 heteroatoms. The Morgan fingerprint density at radius 1 is 0.426 bits per heavy atom. The van der Waals surface area contributed by atoms with Crippen molar-refractivity contribution < 1.29 is 88.8 Å². The fourth-order valence-corrected chi connectivity index (χ4v) is 11.2. The van der Waals surface area contributed by atoms with Crippen molar-refractivity contribution in [3.63, 3.8) is 0 Å². The van der Waals surface area contributed by atoms with Crippen LogP contribution in [0.25, 0.3) is 0 Å². The summed E-state index contributed by atoms with van der Waals surface area (Å²) in [5, 5.41) is 26.6. The highest BCUT2D eigenvalue weighted by atomic mass is 19.2. The van der Waals surface area contributed by atoms with Crippen LogP contribution in [0.5, 0.6) is 0 Å². The number of halogens is 6. The maximum Gasteiger partial charge on any atom is 0.413 e. The van der Waals surface area contributed by atoms with Gasteiger partial charge in [0, 0.05) is 19.1 Å². The van der Waals surface area contributed by atoms with Gasteiger partial charge in [-0.25, -0.2) is 60.5 Å². The highest BCUT2D eigenvalue weighted by Gasteiger charge is 2.37. The van der Waals surface area contributed by atoms with Gasteiger partial charge in [0.15, 0.2) is 34.9 Å². The molecule has 3 saturated heterocycles. The van der Waals surface area contributed by atoms with E-state index in [1.807, 2.05) is 13.8 Å². The zero-order valence-electron chi connectivity index (χ0n) is 61.8. The molecule has 0 spiro atoms. The largest absolute Gasteiger partial charge is 0.474 e. The highest BCUT2D eigenvalue weighted by molar-refractivity contribution is 6.40. The van der Waals surface area contributed by atoms with Gasteiger partial charge in [-0.2, -0.15) is 0 Å². The Bertz CT molecular complexity index is 4020. The average molecular weight is 1520 g/mol. The molecule has 9 rings (SSSR count). The second-order valence-electron chi connectivity index (χ2n) is 29.2. The Hall–Kier alpha value is -10.7. The van der Waals surface area contributed by atoms with Gasteiger partial charge in [-0.05, 0) is 234 Å². The van der Waals surface area contributed by atoms with Crippen LogP contribution in [-0.2, 0) is 43.0 Å². The van der Waals surface area contributed by atoms with E-state index in [2.05, 4.69) is 59.1 Å². The van der Waals surface area contributed by atoms with Crippen LogP contribution in [0, 0.1) is 73.4 Å². The van der Waals surface area contributed by atoms with E-state index in [4.69, 9.17) is 19.3 Å². The lowest BCUT2D eigenvalue weighted by Crippen LogP contribution is -2.46. The number of carbonyl (C=O) groups is 9. The monoisotopic (exact) mass is 1510 g/mol. The number of carboxylic acids is 1. The molecule has 0 bridgehead atoms. The quantitative estimate of drug-likeness (QED) is 0.0379. The fraction of sp³-hybridized carbons (Fsp3) is 0.455. The molecule has 0 aliphatic carbocycles. The molecule has 8 amide bonds. The van der Waals surface area contributed by atoms with Gasteiger partial charge >= 0.3 is 53.8 Å². The fourth-order valence-electron chi connectivity index (χ4n) is 11.2. The summed E-state index contributed by atoms with van der Waals surface area (Å²) in [5.74, 6) is -9.79. The third-order valence-corrected chi connectivity index (χ3v) is 16.3. The number of benzene rings is 3. The molecule has 0 radical (unpaired) electrons. The number of aliphatic carboxylic acids is 1. The van der Waals surface area contributed by atoms with Crippen LogP contribution in [-0.4, -0.2) is 120 Å². The van der Waals surface area contributed by atoms with E-state index < -0.39 is 118 Å². The molecule has 6 atom stereocenters. The van der Waals surface area contributed by atoms with Crippen molar-refractivity contribution in [3.05, 3.63) is 160 Å². The first-order valence-corrected chi connectivity index (χ1v) is 34.2. The number of carboxylic acid groups (broad SMARTS) is 1. The summed E-state index contributed by atoms with van der Waals surface area (Å²) in [6.07, 6.45) is 6.63. The SMILES string of the molecule is C.C.CC1CCC(c2ccc(F)c(F)c2)NC1.Cc1cc(NC(=O)C(=O)N2CC(C)CCC2c2ccc(F)c(F)c2)cnc1NC(=O)OC(C)(C)C.Cc1cc(NC(=O)C(=O)N2C[C@H](C)CC[C@H]2c2ccc(F)c(F)c2)cnc1NC(=O)OC(C)(C)C.Cc1cc(NC(=O)C(=O)O)cnc1NC(=O)OC(C)(C)C. The summed E-state index contributed by atoms with van der Waals surface area (Å²) < 4.78 is 95.7. The molecule has 6 heterocycles. The summed E-state index contributed by atoms with van der Waals surface area (Å²) in [5.41, 5.74) is 2.15. The first-order chi connectivity index (χ1) is 49.4. The molecule has 588 valence electrons. The van der Waals surface area contributed by atoms with Gasteiger partial charge in [0.25, 0.3) is 0 Å². The standard InChI is InChI=1S/2C25H30F2N4O4.C13H17N3O5.C12H15F2N.2CH4/c2*1-14-6-9-20(16-7-8-18(26)19(27)11-16)31(13-14)23(33)22(32)29-17-10-15(2)21(28-12-17)30-24(34)35-25(3,4)5;1-7-5-8(15-10(17)11(18)19)6-14-9(7)16-12(20)21-13(2,3)4;1-8-2-5-12(15-7-8)9-3-4-10(13)11(14)6-9;;/h2*7-8,10-12,14,20H,6,9,13H2,1-5H3,(H,29,32)(H,28,30,34);5-6H,1-4H3,(H,15,17)(H,18,19)(H,14,16,20);3-4,6,8,12,15H,2,5,7H2,1H3;2*1H4/t14-,20+;;;;;/m1...../s1. The summed E-state index contributed by atoms with van der Waals surface area (Å²) in [4.78, 5) is 124. The highest BCUT2D eigenvalue weighted by Crippen LogP contribution is 2.37. The van der Waals surface area contributed by atoms with Gasteiger partial charge in [0.2, 0.25) is 0 Å². The molecule has 3 aromatic heterocycles. The number of anilines is 6. The number of hydrogen-bond donors (Lipinski definition) is 8. The van der Waals surface area contributed by atoms with E-state index in [-0.39, 0.29) is 67.2 Å². The van der Waals surface area contributed by atoms with Gasteiger partial charge in [-0.1, -0.05) is 53.8 Å². The van der Waals surface area contributed by atoms with Crippen LogP contribution < -0.4 is 37.2 Å². The van der Waals surface area contributed by atoms with E-state index in [9.17, 15) is 69.5 Å². The maximum absolute atomic E-state index is 13.8. The number of carbonyl (C=O) groups excluding carboxylic acids is 8. The number of piperidine rings is 3. The van der Waals surface area contributed by atoms with Crippen molar-refractivity contribution in [2.24, 2.45) is 17.8 Å². The predicted molar refractivity (Wildman–Crippen MR) is 397 cm³/mol. The second-order valence-corrected chi connectivity index (χ2v) is 29.2. The number of nitrogens with zero attached hydrogens (tertiary/aromatic N) is 5. The third-order valence-electron chi connectivity index (χ3n) is 16.3. The van der Waals surface area contributed by atoms with Crippen LogP contribution in [0.4, 0.5) is 75.2 Å². The minimum Gasteiger partial charge on any atom is -0.474 e. The number of aromatic nitrogens is 3. The number of likely N-dealkylation sites (tertiary alicyclic amines) is 2. The average Bonchev–Trinajstić information content (AvgIpc) is 0.805. The second kappa shape index (κ2) is 39.2. The molecular weight excluding hydrogens is 1410 g/mol. The molecular formula is C77H100F6N12O13. The van der Waals surface area contributed by atoms with Gasteiger partial charge in [0.1, 0.15) is 34.3 Å². The molecule has 6 aromatic rings. The number of pyridine rings is 3. The molecule has 3 fully saturated rings. The first-order valence-electron chi connectivity index (χ1n) is 34.2. The van der Waals surface area contributed by atoms with Crippen molar-refractivity contribution in [1.82, 2.24) is 30.1 Å². The molecule has 3 aliphatic rings. The topological polar surface area (TPSA) is 331 Å². The molecule has 4 unspecified atom stereocenters. The predicted octanol–water partition coefficient (Wildman–Crippen LogP) is 16.0. The van der Waals surface area contributed by atoms with Crippen LogP contribution in [0.1, 0.15) is 188 Å². The summed E-state index contributed by atoms with van der Waals surface area (Å²) in [6, 6.07) is 14.9. The van der Waals surface area contributed by atoms with Gasteiger partial charge in [0.05, 0.1) is 47.7 Å². The van der Waals surface area contributed by atoms with E-state index in [0.29, 0.717) is 59.7 Å². The zero-order valence-corrected chi connectivity index (χ0v) is 61.8. The summed E-state index contributed by atoms with van der Waals surface area (Å²) >= 11 is 0. The van der Waals surface area contributed by atoms with E-state index in [1.54, 1.807) is 101 Å². The normalized spacial score (nSPS) is 17.5. The number of ether oxygens (including phenoxy) is 3. The van der Waals surface area contributed by atoms with Crippen LogP contribution in [0.15, 0.2) is 91.4 Å². The van der Waals surface area contributed by atoms with E-state index in [1.165, 1.54) is 58.7 Å². The lowest BCUT2D eigenvalue weighted by atomic mass is 9.89. The molecule has 3 aliphatic heterocycles. The maximum atomic E-state index is 13.8. The smallest absolute Gasteiger partial charge is 0.413 e. The number of aryl methyl sites for hydroxylation is 3. The Morgan fingerprint density at radius 3 is 1.02 bits per heavy atom. The van der Waals surface area contributed by atoms with Crippen molar-refractivity contribution in [1.29, 1.82) is 0 Å². The van der Waals surface area contributed by atoms with Gasteiger partial charge < -0.3 is 50.4 Å². The lowest BCUT2D eigenvalue weighted by Gasteiger charge is -2.38. The first kappa shape index (κ1) is 89.7. The number of amides is 8. The number of hydrogen-bond acceptors (Lipinski definition) is 16. The molecule has 108 heavy (non-hydrogen) atoms. The minimum atomic E-state index is -1.59. The summed E-state index contributed by atoms with van der Waals surface area (Å²) in [6.45, 7) is 28.3. The van der Waals surface area contributed by atoms with Crippen molar-refractivity contribution in [2.75, 3.05) is 51.5 Å². The van der Waals surface area contributed by atoms with Gasteiger partial charge in [-0.3, -0.25) is 39.9 Å². The number of nitrogens with one attached hydrogen (secondary N) is 7. The Labute approximate surface area is 625 Å². The van der Waals surface area contributed by atoms with Crippen molar-refractivity contribution in [3.8, 4) is 0 Å². The van der Waals surface area contributed by atoms with E-state index in [0.717, 1.165) is 62.1 Å². The Morgan fingerprint density at radius 2 is 0.731 bits per heavy atom. The van der Waals surface area contributed by atoms with Crippen LogP contribution >= 0.6 is 0 Å². The van der Waals surface area contributed by atoms with E-state index >= 15 is 0 Å². The molecule has 8 N–H and O–H groups in total. The molecule has 3 aromatic carbocycles. The van der Waals surface area contributed by atoms with Crippen molar-refractivity contribution >= 4 is 88.3 Å². The molecule has 25 nitrogen and oxygen atoms in total. The lowest BCUT2D eigenvalue weighted by molar-refractivity contribution is -0.147. The zero-order chi connectivity index (χ0) is 78.9. The van der Waals surface area contributed by atoms with Gasteiger partial charge in [-0.15, -0.1) is 0 Å². The van der Waals surface area contributed by atoms with Crippen LogP contribution in [0.3, 0.4) is 0 Å². The Kier molecular flexibility index (Phi) is 32.6. The Balaban J connectivity index is 0.000000317. The van der Waals surface area contributed by atoms with Crippen molar-refractivity contribution in [2.45, 2.75) is 192 Å². The number of rotatable bonds is 9.